The Bertz CT molecular complexity index is 2350. The van der Waals surface area contributed by atoms with Gasteiger partial charge in [-0.25, -0.2) is 14.6 Å². The fourth-order valence-corrected chi connectivity index (χ4v) is 8.89. The average Bonchev–Trinajstić information content (AvgIpc) is 3.84. The van der Waals surface area contributed by atoms with Gasteiger partial charge in [-0.3, -0.25) is 29.5 Å². The van der Waals surface area contributed by atoms with Crippen LogP contribution in [0.3, 0.4) is 0 Å². The number of nitrogens with one attached hydrogen (secondary N) is 1. The summed E-state index contributed by atoms with van der Waals surface area (Å²) in [5, 5.41) is 8.23. The summed E-state index contributed by atoms with van der Waals surface area (Å²) >= 11 is 0. The zero-order valence-electron chi connectivity index (χ0n) is 34.3. The summed E-state index contributed by atoms with van der Waals surface area (Å²) in [6.45, 7) is 9.88. The summed E-state index contributed by atoms with van der Waals surface area (Å²) in [5.74, 6) is 1.12. The van der Waals surface area contributed by atoms with Gasteiger partial charge < -0.3 is 29.7 Å². The number of benzene rings is 3. The standard InChI is InChI=1S/C45H52N10O6/c46-42-40-41(31-8-11-36(12-9-31)61-35-6-2-1-3-7-35)50-55(43(40)48-30-47-42)34-5-4-16-52(29-34)22-24-60-26-25-59-23-21-51-17-19-53(20-18-51)33-10-13-37-32(27-33)28-54(45(37)58)38-14-15-39(56)49-44(38)57/h1-3,6-13,27,30,34,38H,4-5,14-26,28-29H2,(H2,46,47,48)(H,49,56,57). The molecule has 0 radical (unpaired) electrons. The lowest BCUT2D eigenvalue weighted by atomic mass is 10.0. The van der Waals surface area contributed by atoms with Crippen LogP contribution in [0.2, 0.25) is 0 Å². The second-order valence-corrected chi connectivity index (χ2v) is 16.1. The fourth-order valence-electron chi connectivity index (χ4n) is 8.89. The molecule has 2 aromatic heterocycles. The van der Waals surface area contributed by atoms with Gasteiger partial charge in [0.25, 0.3) is 5.91 Å². The van der Waals surface area contributed by atoms with Crippen LogP contribution in [0.4, 0.5) is 11.5 Å². The number of aromatic nitrogens is 4. The van der Waals surface area contributed by atoms with Crippen LogP contribution in [0.25, 0.3) is 22.3 Å². The molecule has 3 aromatic carbocycles. The van der Waals surface area contributed by atoms with E-state index in [1.54, 1.807) is 4.90 Å². The number of nitrogen functional groups attached to an aromatic ring is 1. The number of piperidine rings is 2. The largest absolute Gasteiger partial charge is 0.457 e. The Morgan fingerprint density at radius 2 is 1.54 bits per heavy atom. The van der Waals surface area contributed by atoms with Gasteiger partial charge in [0.1, 0.15) is 35.4 Å². The molecular weight excluding hydrogens is 777 g/mol. The maximum atomic E-state index is 13.1. The summed E-state index contributed by atoms with van der Waals surface area (Å²) < 4.78 is 20.0. The van der Waals surface area contributed by atoms with Crippen LogP contribution in [0, 0.1) is 0 Å². The summed E-state index contributed by atoms with van der Waals surface area (Å²) in [4.78, 5) is 54.9. The predicted molar refractivity (Wildman–Crippen MR) is 229 cm³/mol. The van der Waals surface area contributed by atoms with Gasteiger partial charge in [-0.05, 0) is 86.0 Å². The van der Waals surface area contributed by atoms with Crippen LogP contribution in [0.1, 0.15) is 47.6 Å². The molecule has 2 unspecified atom stereocenters. The van der Waals surface area contributed by atoms with Crippen molar-refractivity contribution in [3.05, 3.63) is 90.3 Å². The van der Waals surface area contributed by atoms with Crippen molar-refractivity contribution in [3.8, 4) is 22.8 Å². The van der Waals surface area contributed by atoms with Crippen molar-refractivity contribution in [1.29, 1.82) is 0 Å². The Labute approximate surface area is 354 Å². The zero-order valence-corrected chi connectivity index (χ0v) is 34.3. The van der Waals surface area contributed by atoms with Crippen molar-refractivity contribution in [1.82, 2.24) is 39.8 Å². The Morgan fingerprint density at radius 3 is 2.31 bits per heavy atom. The third kappa shape index (κ3) is 9.08. The molecule has 3 saturated heterocycles. The first-order valence-electron chi connectivity index (χ1n) is 21.3. The fraction of sp³-hybridized carbons (Fsp3) is 0.422. The third-order valence-electron chi connectivity index (χ3n) is 12.2. The van der Waals surface area contributed by atoms with E-state index in [4.69, 9.17) is 25.0 Å². The molecule has 9 rings (SSSR count). The molecule has 0 bridgehead atoms. The highest BCUT2D eigenvalue weighted by molar-refractivity contribution is 6.05. The molecule has 5 aromatic rings. The molecule has 16 nitrogen and oxygen atoms in total. The van der Waals surface area contributed by atoms with E-state index in [9.17, 15) is 14.4 Å². The Balaban J connectivity index is 0.684. The van der Waals surface area contributed by atoms with E-state index in [0.29, 0.717) is 50.8 Å². The molecule has 4 aliphatic heterocycles. The van der Waals surface area contributed by atoms with Gasteiger partial charge in [0.05, 0.1) is 37.9 Å². The number of piperazine rings is 1. The number of nitrogens with zero attached hydrogens (tertiary/aromatic N) is 8. The van der Waals surface area contributed by atoms with Crippen LogP contribution in [-0.4, -0.2) is 137 Å². The number of hydrogen-bond acceptors (Lipinski definition) is 13. The number of carbonyl (C=O) groups excluding carboxylic acids is 3. The zero-order chi connectivity index (χ0) is 41.7. The number of fused-ring (bicyclic) bond motifs is 2. The molecule has 3 amide bonds. The molecular formula is C45H52N10O6. The molecule has 0 spiro atoms. The molecule has 4 aliphatic rings. The highest BCUT2D eigenvalue weighted by atomic mass is 16.5. The minimum absolute atomic E-state index is 0.141. The molecule has 318 valence electrons. The van der Waals surface area contributed by atoms with E-state index in [-0.39, 0.29) is 30.2 Å². The molecule has 16 heteroatoms. The van der Waals surface area contributed by atoms with Crippen LogP contribution in [-0.2, 0) is 25.6 Å². The molecule has 2 atom stereocenters. The lowest BCUT2D eigenvalue weighted by Gasteiger charge is -2.36. The van der Waals surface area contributed by atoms with Gasteiger partial charge in [-0.1, -0.05) is 18.2 Å². The van der Waals surface area contributed by atoms with Crippen molar-refractivity contribution < 1.29 is 28.6 Å². The number of amides is 3. The summed E-state index contributed by atoms with van der Waals surface area (Å²) in [6.07, 6.45) is 4.16. The smallest absolute Gasteiger partial charge is 0.255 e. The first-order chi connectivity index (χ1) is 29.9. The maximum absolute atomic E-state index is 13.1. The Morgan fingerprint density at radius 1 is 0.787 bits per heavy atom. The topological polar surface area (TPSA) is 174 Å². The number of ether oxygens (including phenoxy) is 3. The third-order valence-corrected chi connectivity index (χ3v) is 12.2. The number of nitrogens with two attached hydrogens (primary N) is 1. The number of imide groups is 1. The minimum atomic E-state index is -0.604. The molecule has 61 heavy (non-hydrogen) atoms. The lowest BCUT2D eigenvalue weighted by molar-refractivity contribution is -0.136. The van der Waals surface area contributed by atoms with E-state index < -0.39 is 6.04 Å². The van der Waals surface area contributed by atoms with E-state index >= 15 is 0 Å². The Kier molecular flexibility index (Phi) is 12.2. The van der Waals surface area contributed by atoms with Crippen molar-refractivity contribution in [2.75, 3.05) is 89.4 Å². The Hall–Kier alpha value is -5.94. The van der Waals surface area contributed by atoms with Crippen molar-refractivity contribution in [2.24, 2.45) is 0 Å². The average molecular weight is 829 g/mol. The highest BCUT2D eigenvalue weighted by Gasteiger charge is 2.39. The van der Waals surface area contributed by atoms with Gasteiger partial charge >= 0.3 is 0 Å². The molecule has 3 N–H and O–H groups in total. The van der Waals surface area contributed by atoms with Gasteiger partial charge in [-0.15, -0.1) is 0 Å². The van der Waals surface area contributed by atoms with E-state index in [1.807, 2.05) is 71.4 Å². The molecule has 3 fully saturated rings. The second kappa shape index (κ2) is 18.4. The maximum Gasteiger partial charge on any atom is 0.255 e. The summed E-state index contributed by atoms with van der Waals surface area (Å²) in [6, 6.07) is 23.1. The van der Waals surface area contributed by atoms with Gasteiger partial charge in [0.2, 0.25) is 11.8 Å². The normalized spacial score (nSPS) is 20.0. The van der Waals surface area contributed by atoms with Crippen molar-refractivity contribution >= 4 is 40.3 Å². The monoisotopic (exact) mass is 828 g/mol. The highest BCUT2D eigenvalue weighted by Crippen LogP contribution is 2.35. The number of carbonyl (C=O) groups is 3. The van der Waals surface area contributed by atoms with Crippen LogP contribution < -0.4 is 20.7 Å². The van der Waals surface area contributed by atoms with Crippen LogP contribution in [0.5, 0.6) is 11.5 Å². The van der Waals surface area contributed by atoms with E-state index in [0.717, 1.165) is 110 Å². The van der Waals surface area contributed by atoms with Gasteiger partial charge in [0, 0.05) is 75.6 Å². The molecule has 0 saturated carbocycles. The van der Waals surface area contributed by atoms with Crippen molar-refractivity contribution in [3.63, 3.8) is 0 Å². The lowest BCUT2D eigenvalue weighted by Crippen LogP contribution is -2.52. The summed E-state index contributed by atoms with van der Waals surface area (Å²) in [5.41, 5.74) is 11.5. The molecule has 0 aliphatic carbocycles. The number of anilines is 2. The first-order valence-corrected chi connectivity index (χ1v) is 21.3. The number of hydrogen-bond donors (Lipinski definition) is 2. The number of likely N-dealkylation sites (tertiary alicyclic amines) is 1. The summed E-state index contributed by atoms with van der Waals surface area (Å²) in [7, 11) is 0. The first kappa shape index (κ1) is 40.5. The number of rotatable bonds is 15. The minimum Gasteiger partial charge on any atom is -0.457 e. The molecule has 6 heterocycles. The number of para-hydroxylation sites is 1. The SMILES string of the molecule is Nc1ncnc2c1c(-c1ccc(Oc3ccccc3)cc1)nn2C1CCCN(CCOCCOCCN2CCN(c3ccc4c(c3)CN(C3CCC(=O)NC3=O)C4=O)CC2)C1. The van der Waals surface area contributed by atoms with E-state index in [1.165, 1.54) is 6.33 Å². The predicted octanol–water partition coefficient (Wildman–Crippen LogP) is 4.12. The van der Waals surface area contributed by atoms with Gasteiger partial charge in [-0.2, -0.15) is 5.10 Å². The van der Waals surface area contributed by atoms with Crippen LogP contribution in [0.15, 0.2) is 79.1 Å². The van der Waals surface area contributed by atoms with Gasteiger partial charge in [0.15, 0.2) is 5.65 Å². The second-order valence-electron chi connectivity index (χ2n) is 16.1. The van der Waals surface area contributed by atoms with E-state index in [2.05, 4.69) is 36.1 Å². The quantitative estimate of drug-likeness (QED) is 0.114. The van der Waals surface area contributed by atoms with Crippen molar-refractivity contribution in [2.45, 2.75) is 44.3 Å². The van der Waals surface area contributed by atoms with Crippen LogP contribution >= 0.6 is 0 Å².